The predicted molar refractivity (Wildman–Crippen MR) is 81.6 cm³/mol. The van der Waals surface area contributed by atoms with Gasteiger partial charge in [0.05, 0.1) is 22.3 Å². The summed E-state index contributed by atoms with van der Waals surface area (Å²) in [6.45, 7) is 3.66. The van der Waals surface area contributed by atoms with Gasteiger partial charge in [0, 0.05) is 5.69 Å². The van der Waals surface area contributed by atoms with Crippen LogP contribution in [0.15, 0.2) is 27.9 Å². The highest BCUT2D eigenvalue weighted by Crippen LogP contribution is 2.24. The number of rotatable bonds is 4. The Morgan fingerprint density at radius 1 is 1.33 bits per heavy atom. The van der Waals surface area contributed by atoms with Crippen molar-refractivity contribution in [1.82, 2.24) is 20.1 Å². The number of aromatic nitrogens is 4. The molecule has 2 heterocycles. The number of hydrogen-bond donors (Lipinski definition) is 3. The Morgan fingerprint density at radius 2 is 2.14 bits per heavy atom. The SMILES string of the molecule is CC(C)(N)c1noc(CSc2nc3ccc(N)cc3[nH]2)n1. The average molecular weight is 304 g/mol. The minimum Gasteiger partial charge on any atom is -0.399 e. The van der Waals surface area contributed by atoms with Gasteiger partial charge in [-0.25, -0.2) is 4.98 Å². The van der Waals surface area contributed by atoms with Gasteiger partial charge in [0.25, 0.3) is 0 Å². The summed E-state index contributed by atoms with van der Waals surface area (Å²) in [4.78, 5) is 11.9. The summed E-state index contributed by atoms with van der Waals surface area (Å²) >= 11 is 1.48. The Morgan fingerprint density at radius 3 is 2.86 bits per heavy atom. The number of aromatic amines is 1. The van der Waals surface area contributed by atoms with Crippen molar-refractivity contribution in [1.29, 1.82) is 0 Å². The molecule has 3 rings (SSSR count). The maximum Gasteiger partial charge on any atom is 0.237 e. The molecule has 0 aliphatic carbocycles. The molecule has 0 atom stereocenters. The minimum atomic E-state index is -0.608. The number of nitrogens with two attached hydrogens (primary N) is 2. The van der Waals surface area contributed by atoms with Crippen molar-refractivity contribution in [2.45, 2.75) is 30.3 Å². The van der Waals surface area contributed by atoms with E-state index in [0.717, 1.165) is 16.2 Å². The summed E-state index contributed by atoms with van der Waals surface area (Å²) in [7, 11) is 0. The van der Waals surface area contributed by atoms with Crippen molar-refractivity contribution in [3.05, 3.63) is 29.9 Å². The highest BCUT2D eigenvalue weighted by atomic mass is 32.2. The van der Waals surface area contributed by atoms with Gasteiger partial charge in [0.1, 0.15) is 0 Å². The Hall–Kier alpha value is -2.06. The molecule has 5 N–H and O–H groups in total. The van der Waals surface area contributed by atoms with E-state index in [2.05, 4.69) is 20.1 Å². The van der Waals surface area contributed by atoms with Crippen LogP contribution in [-0.4, -0.2) is 20.1 Å². The fraction of sp³-hybridized carbons (Fsp3) is 0.308. The second-order valence-electron chi connectivity index (χ2n) is 5.34. The van der Waals surface area contributed by atoms with Gasteiger partial charge in [-0.3, -0.25) is 0 Å². The Balaban J connectivity index is 1.73. The summed E-state index contributed by atoms with van der Waals surface area (Å²) in [6, 6.07) is 5.56. The van der Waals surface area contributed by atoms with Crippen molar-refractivity contribution in [3.8, 4) is 0 Å². The number of hydrogen-bond acceptors (Lipinski definition) is 7. The minimum absolute atomic E-state index is 0.496. The van der Waals surface area contributed by atoms with Crippen molar-refractivity contribution in [2.24, 2.45) is 5.73 Å². The van der Waals surface area contributed by atoms with Crippen LogP contribution in [0.2, 0.25) is 0 Å². The molecule has 7 nitrogen and oxygen atoms in total. The van der Waals surface area contributed by atoms with E-state index >= 15 is 0 Å². The fourth-order valence-electron chi connectivity index (χ4n) is 1.78. The van der Waals surface area contributed by atoms with Gasteiger partial charge in [0.15, 0.2) is 11.0 Å². The third-order valence-corrected chi connectivity index (χ3v) is 3.72. The number of benzene rings is 1. The molecule has 2 aromatic heterocycles. The van der Waals surface area contributed by atoms with Gasteiger partial charge in [-0.2, -0.15) is 4.98 Å². The molecule has 0 unspecified atom stereocenters. The van der Waals surface area contributed by atoms with Crippen molar-refractivity contribution in [2.75, 3.05) is 5.73 Å². The van der Waals surface area contributed by atoms with Crippen LogP contribution < -0.4 is 11.5 Å². The van der Waals surface area contributed by atoms with Crippen molar-refractivity contribution >= 4 is 28.5 Å². The van der Waals surface area contributed by atoms with Crippen LogP contribution in [0, 0.1) is 0 Å². The van der Waals surface area contributed by atoms with Crippen LogP contribution in [0.25, 0.3) is 11.0 Å². The first kappa shape index (κ1) is 13.9. The summed E-state index contributed by atoms with van der Waals surface area (Å²) in [5.74, 6) is 1.54. The van der Waals surface area contributed by atoms with E-state index in [4.69, 9.17) is 16.0 Å². The quantitative estimate of drug-likeness (QED) is 0.498. The maximum atomic E-state index is 5.92. The number of fused-ring (bicyclic) bond motifs is 1. The number of nitrogens with zero attached hydrogens (tertiary/aromatic N) is 3. The van der Waals surface area contributed by atoms with E-state index < -0.39 is 5.54 Å². The van der Waals surface area contributed by atoms with Gasteiger partial charge >= 0.3 is 0 Å². The maximum absolute atomic E-state index is 5.92. The molecule has 0 fully saturated rings. The highest BCUT2D eigenvalue weighted by Gasteiger charge is 2.21. The Labute approximate surface area is 125 Å². The van der Waals surface area contributed by atoms with E-state index in [-0.39, 0.29) is 0 Å². The number of anilines is 1. The molecule has 0 amide bonds. The fourth-order valence-corrected chi connectivity index (χ4v) is 2.50. The van der Waals surface area contributed by atoms with Gasteiger partial charge in [0.2, 0.25) is 5.89 Å². The van der Waals surface area contributed by atoms with Crippen LogP contribution in [0.4, 0.5) is 5.69 Å². The monoisotopic (exact) mass is 304 g/mol. The molecular formula is C13H16N6OS. The molecule has 0 aliphatic heterocycles. The third kappa shape index (κ3) is 3.01. The molecule has 3 aromatic rings. The zero-order chi connectivity index (χ0) is 15.0. The predicted octanol–water partition coefficient (Wildman–Crippen LogP) is 2.01. The molecule has 0 bridgehead atoms. The smallest absolute Gasteiger partial charge is 0.237 e. The van der Waals surface area contributed by atoms with Gasteiger partial charge in [-0.1, -0.05) is 16.9 Å². The molecule has 0 spiro atoms. The zero-order valence-corrected chi connectivity index (χ0v) is 12.6. The first-order chi connectivity index (χ1) is 9.91. The van der Waals surface area contributed by atoms with Crippen LogP contribution >= 0.6 is 11.8 Å². The van der Waals surface area contributed by atoms with E-state index in [1.165, 1.54) is 11.8 Å². The average Bonchev–Trinajstić information content (AvgIpc) is 3.01. The second kappa shape index (κ2) is 5.05. The molecule has 8 heteroatoms. The van der Waals surface area contributed by atoms with Crippen LogP contribution in [0.1, 0.15) is 25.6 Å². The normalized spacial score (nSPS) is 12.1. The van der Waals surface area contributed by atoms with Crippen molar-refractivity contribution in [3.63, 3.8) is 0 Å². The van der Waals surface area contributed by atoms with E-state index in [0.29, 0.717) is 23.2 Å². The summed E-state index contributed by atoms with van der Waals surface area (Å²) in [5.41, 5.74) is 13.5. The molecule has 0 aliphatic rings. The van der Waals surface area contributed by atoms with Gasteiger partial charge in [-0.05, 0) is 32.0 Å². The molecule has 0 saturated heterocycles. The lowest BCUT2D eigenvalue weighted by atomic mass is 10.1. The van der Waals surface area contributed by atoms with E-state index in [1.54, 1.807) is 0 Å². The van der Waals surface area contributed by atoms with Gasteiger partial charge in [-0.15, -0.1) is 0 Å². The zero-order valence-electron chi connectivity index (χ0n) is 11.8. The van der Waals surface area contributed by atoms with E-state index in [9.17, 15) is 0 Å². The summed E-state index contributed by atoms with van der Waals surface area (Å²) in [6.07, 6.45) is 0. The number of thioether (sulfide) groups is 1. The lowest BCUT2D eigenvalue weighted by molar-refractivity contribution is 0.369. The van der Waals surface area contributed by atoms with Crippen LogP contribution in [0.3, 0.4) is 0 Å². The Kier molecular flexibility index (Phi) is 3.34. The number of nitrogen functional groups attached to an aromatic ring is 1. The standard InChI is InChI=1S/C13H16N6OS/c1-13(2,15)11-18-10(20-19-11)6-21-12-16-8-4-3-7(14)5-9(8)17-12/h3-5H,6,14-15H2,1-2H3,(H,16,17). The summed E-state index contributed by atoms with van der Waals surface area (Å²) in [5, 5.41) is 4.66. The number of H-pyrrole nitrogens is 1. The lowest BCUT2D eigenvalue weighted by Crippen LogP contribution is -2.30. The molecule has 0 saturated carbocycles. The topological polar surface area (TPSA) is 120 Å². The number of nitrogens with one attached hydrogen (secondary N) is 1. The van der Waals surface area contributed by atoms with Crippen LogP contribution in [-0.2, 0) is 11.3 Å². The van der Waals surface area contributed by atoms with Gasteiger partial charge < -0.3 is 21.0 Å². The highest BCUT2D eigenvalue weighted by molar-refractivity contribution is 7.98. The molecule has 1 aromatic carbocycles. The first-order valence-corrected chi connectivity index (χ1v) is 7.40. The summed E-state index contributed by atoms with van der Waals surface area (Å²) < 4.78 is 5.18. The first-order valence-electron chi connectivity index (χ1n) is 6.42. The largest absolute Gasteiger partial charge is 0.399 e. The lowest BCUT2D eigenvalue weighted by Gasteiger charge is -2.11. The molecule has 0 radical (unpaired) electrons. The molecular weight excluding hydrogens is 288 g/mol. The molecule has 21 heavy (non-hydrogen) atoms. The number of imidazole rings is 1. The van der Waals surface area contributed by atoms with Crippen LogP contribution in [0.5, 0.6) is 0 Å². The van der Waals surface area contributed by atoms with Crippen molar-refractivity contribution < 1.29 is 4.52 Å². The van der Waals surface area contributed by atoms with E-state index in [1.807, 2.05) is 32.0 Å². The Bertz CT molecular complexity index is 772. The molecule has 110 valence electrons. The second-order valence-corrected chi connectivity index (χ2v) is 6.30. The third-order valence-electron chi connectivity index (χ3n) is 2.86.